The van der Waals surface area contributed by atoms with Gasteiger partial charge in [-0.2, -0.15) is 5.10 Å². The Balaban J connectivity index is 1.77. The molecule has 0 unspecified atom stereocenters. The van der Waals surface area contributed by atoms with Crippen LogP contribution < -0.4 is 5.32 Å². The van der Waals surface area contributed by atoms with Crippen molar-refractivity contribution in [1.29, 1.82) is 0 Å². The molecule has 0 aliphatic heterocycles. The lowest BCUT2D eigenvalue weighted by atomic mass is 9.99. The highest BCUT2D eigenvalue weighted by atomic mass is 32.1. The molecular formula is C15H13N5S. The van der Waals surface area contributed by atoms with Gasteiger partial charge in [-0.3, -0.25) is 5.10 Å². The van der Waals surface area contributed by atoms with Crippen molar-refractivity contribution in [2.75, 3.05) is 12.4 Å². The molecule has 3 aromatic rings. The second-order valence-electron chi connectivity index (χ2n) is 4.84. The van der Waals surface area contributed by atoms with Crippen LogP contribution in [0.1, 0.15) is 16.7 Å². The molecule has 2 aromatic heterocycles. The topological polar surface area (TPSA) is 66.5 Å². The average Bonchev–Trinajstić information content (AvgIpc) is 3.25. The van der Waals surface area contributed by atoms with E-state index in [0.717, 1.165) is 27.7 Å². The molecule has 0 amide bonds. The maximum atomic E-state index is 4.24. The molecule has 0 saturated carbocycles. The molecule has 0 fully saturated rings. The number of H-pyrrole nitrogens is 1. The number of aromatic nitrogens is 4. The number of hydrogen-bond acceptors (Lipinski definition) is 5. The summed E-state index contributed by atoms with van der Waals surface area (Å²) in [6.45, 7) is 0. The zero-order valence-electron chi connectivity index (χ0n) is 11.4. The first-order valence-corrected chi connectivity index (χ1v) is 7.51. The SMILES string of the molecule is CNc1nnc(-c2ccc3c(c2)C(c2cn[nH]c2)=CC3)s1. The number of allylic oxidation sites excluding steroid dienone is 1. The number of benzene rings is 1. The average molecular weight is 295 g/mol. The van der Waals surface area contributed by atoms with E-state index in [4.69, 9.17) is 0 Å². The molecule has 0 atom stereocenters. The largest absolute Gasteiger partial charge is 0.363 e. The second kappa shape index (κ2) is 4.82. The van der Waals surface area contributed by atoms with E-state index in [9.17, 15) is 0 Å². The van der Waals surface area contributed by atoms with Gasteiger partial charge >= 0.3 is 0 Å². The zero-order valence-corrected chi connectivity index (χ0v) is 12.2. The van der Waals surface area contributed by atoms with E-state index in [1.165, 1.54) is 16.7 Å². The Morgan fingerprint density at radius 3 is 2.95 bits per heavy atom. The minimum absolute atomic E-state index is 0.830. The third-order valence-corrected chi connectivity index (χ3v) is 4.61. The van der Waals surface area contributed by atoms with Gasteiger partial charge in [-0.1, -0.05) is 29.5 Å². The lowest BCUT2D eigenvalue weighted by molar-refractivity contribution is 1.09. The van der Waals surface area contributed by atoms with Crippen molar-refractivity contribution in [3.8, 4) is 10.6 Å². The first kappa shape index (κ1) is 12.3. The van der Waals surface area contributed by atoms with Crippen LogP contribution in [0.15, 0.2) is 36.7 Å². The lowest BCUT2D eigenvalue weighted by Crippen LogP contribution is -1.88. The van der Waals surface area contributed by atoms with Gasteiger partial charge in [0.1, 0.15) is 5.01 Å². The van der Waals surface area contributed by atoms with E-state index in [2.05, 4.69) is 50.0 Å². The standard InChI is InChI=1S/C15H13N5S/c1-16-15-20-19-14(21-15)10-3-2-9-4-5-12(13(9)6-10)11-7-17-18-8-11/h2-3,5-8H,4H2,1H3,(H,16,20)(H,17,18). The van der Waals surface area contributed by atoms with Gasteiger partial charge in [0.05, 0.1) is 6.20 Å². The van der Waals surface area contributed by atoms with E-state index in [1.54, 1.807) is 11.3 Å². The van der Waals surface area contributed by atoms with E-state index in [0.29, 0.717) is 0 Å². The first-order chi connectivity index (χ1) is 10.3. The summed E-state index contributed by atoms with van der Waals surface area (Å²) in [4.78, 5) is 0. The van der Waals surface area contributed by atoms with E-state index in [1.807, 2.05) is 19.4 Å². The zero-order chi connectivity index (χ0) is 14.2. The maximum absolute atomic E-state index is 4.24. The Morgan fingerprint density at radius 2 is 2.19 bits per heavy atom. The van der Waals surface area contributed by atoms with Gasteiger partial charge in [-0.25, -0.2) is 0 Å². The van der Waals surface area contributed by atoms with Crippen LogP contribution in [-0.2, 0) is 6.42 Å². The van der Waals surface area contributed by atoms with Crippen molar-refractivity contribution >= 4 is 22.0 Å². The summed E-state index contributed by atoms with van der Waals surface area (Å²) in [5, 5.41) is 20.0. The van der Waals surface area contributed by atoms with E-state index >= 15 is 0 Å². The first-order valence-electron chi connectivity index (χ1n) is 6.69. The van der Waals surface area contributed by atoms with Gasteiger partial charge in [0.25, 0.3) is 0 Å². The van der Waals surface area contributed by atoms with Gasteiger partial charge in [-0.15, -0.1) is 10.2 Å². The molecule has 5 nitrogen and oxygen atoms in total. The fraction of sp³-hybridized carbons (Fsp3) is 0.133. The molecule has 0 spiro atoms. The molecule has 1 aliphatic carbocycles. The number of fused-ring (bicyclic) bond motifs is 1. The minimum atomic E-state index is 0.830. The van der Waals surface area contributed by atoms with E-state index in [-0.39, 0.29) is 0 Å². The third kappa shape index (κ3) is 2.04. The lowest BCUT2D eigenvalue weighted by Gasteiger charge is -2.05. The minimum Gasteiger partial charge on any atom is -0.363 e. The van der Waals surface area contributed by atoms with Crippen molar-refractivity contribution in [1.82, 2.24) is 20.4 Å². The summed E-state index contributed by atoms with van der Waals surface area (Å²) < 4.78 is 0. The molecule has 2 N–H and O–H groups in total. The molecule has 21 heavy (non-hydrogen) atoms. The predicted molar refractivity (Wildman–Crippen MR) is 84.3 cm³/mol. The molecule has 0 radical (unpaired) electrons. The molecule has 0 bridgehead atoms. The summed E-state index contributed by atoms with van der Waals surface area (Å²) in [5.41, 5.74) is 6.06. The summed E-state index contributed by atoms with van der Waals surface area (Å²) in [6, 6.07) is 6.49. The molecular weight excluding hydrogens is 282 g/mol. The van der Waals surface area contributed by atoms with Crippen LogP contribution in [0.3, 0.4) is 0 Å². The van der Waals surface area contributed by atoms with Crippen LogP contribution in [0, 0.1) is 0 Å². The maximum Gasteiger partial charge on any atom is 0.205 e. The molecule has 1 aromatic carbocycles. The fourth-order valence-corrected chi connectivity index (χ4v) is 3.27. The van der Waals surface area contributed by atoms with Crippen molar-refractivity contribution in [3.63, 3.8) is 0 Å². The number of anilines is 1. The van der Waals surface area contributed by atoms with Crippen molar-refractivity contribution in [2.24, 2.45) is 0 Å². The summed E-state index contributed by atoms with van der Waals surface area (Å²) in [7, 11) is 1.85. The fourth-order valence-electron chi connectivity index (χ4n) is 2.57. The van der Waals surface area contributed by atoms with Crippen LogP contribution in [-0.4, -0.2) is 27.4 Å². The monoisotopic (exact) mass is 295 g/mol. The highest BCUT2D eigenvalue weighted by Crippen LogP contribution is 2.36. The molecule has 1 aliphatic rings. The van der Waals surface area contributed by atoms with Gasteiger partial charge in [-0.05, 0) is 29.2 Å². The van der Waals surface area contributed by atoms with E-state index < -0.39 is 0 Å². The van der Waals surface area contributed by atoms with Crippen LogP contribution >= 0.6 is 11.3 Å². The Kier molecular flexibility index (Phi) is 2.82. The number of aromatic amines is 1. The Bertz CT molecular complexity index is 816. The van der Waals surface area contributed by atoms with Gasteiger partial charge < -0.3 is 5.32 Å². The number of hydrogen-bond donors (Lipinski definition) is 2. The second-order valence-corrected chi connectivity index (χ2v) is 5.82. The smallest absolute Gasteiger partial charge is 0.205 e. The Labute approximate surface area is 125 Å². The number of nitrogens with zero attached hydrogens (tertiary/aromatic N) is 3. The van der Waals surface area contributed by atoms with Crippen LogP contribution in [0.2, 0.25) is 0 Å². The third-order valence-electron chi connectivity index (χ3n) is 3.62. The van der Waals surface area contributed by atoms with Gasteiger partial charge in [0, 0.05) is 24.4 Å². The van der Waals surface area contributed by atoms with Crippen molar-refractivity contribution < 1.29 is 0 Å². The quantitative estimate of drug-likeness (QED) is 0.779. The highest BCUT2D eigenvalue weighted by molar-refractivity contribution is 7.18. The molecule has 2 heterocycles. The van der Waals surface area contributed by atoms with Crippen molar-refractivity contribution in [2.45, 2.75) is 6.42 Å². The molecule has 6 heteroatoms. The molecule has 0 saturated heterocycles. The molecule has 104 valence electrons. The Morgan fingerprint density at radius 1 is 1.24 bits per heavy atom. The van der Waals surface area contributed by atoms with Gasteiger partial charge in [0.15, 0.2) is 0 Å². The van der Waals surface area contributed by atoms with Crippen molar-refractivity contribution in [3.05, 3.63) is 53.4 Å². The highest BCUT2D eigenvalue weighted by Gasteiger charge is 2.18. The summed E-state index contributed by atoms with van der Waals surface area (Å²) in [5.74, 6) is 0. The number of rotatable bonds is 3. The van der Waals surface area contributed by atoms with Crippen LogP contribution in [0.4, 0.5) is 5.13 Å². The number of nitrogens with one attached hydrogen (secondary N) is 2. The van der Waals surface area contributed by atoms with Gasteiger partial charge in [0.2, 0.25) is 5.13 Å². The summed E-state index contributed by atoms with van der Waals surface area (Å²) >= 11 is 1.56. The predicted octanol–water partition coefficient (Wildman–Crippen LogP) is 2.96. The molecule has 4 rings (SSSR count). The Hall–Kier alpha value is -2.47. The normalized spacial score (nSPS) is 13.1. The summed E-state index contributed by atoms with van der Waals surface area (Å²) in [6.07, 6.45) is 7.00. The van der Waals surface area contributed by atoms with Crippen LogP contribution in [0.25, 0.3) is 16.1 Å². The van der Waals surface area contributed by atoms with Crippen LogP contribution in [0.5, 0.6) is 0 Å².